The van der Waals surface area contributed by atoms with Gasteiger partial charge in [-0.2, -0.15) is 5.26 Å². The highest BCUT2D eigenvalue weighted by molar-refractivity contribution is 5.77. The van der Waals surface area contributed by atoms with Crippen LogP contribution in [0.25, 0.3) is 0 Å². The molecule has 2 fully saturated rings. The van der Waals surface area contributed by atoms with Crippen LogP contribution in [0.5, 0.6) is 0 Å². The first kappa shape index (κ1) is 19.6. The number of nitrogens with zero attached hydrogens (tertiary/aromatic N) is 4. The highest BCUT2D eigenvalue weighted by Crippen LogP contribution is 2.40. The first-order valence-corrected chi connectivity index (χ1v) is 9.88. The van der Waals surface area contributed by atoms with E-state index in [9.17, 15) is 10.1 Å². The monoisotopic (exact) mass is 370 g/mol. The first-order chi connectivity index (χ1) is 13.0. The van der Waals surface area contributed by atoms with Crippen LogP contribution < -0.4 is 4.90 Å². The number of carbonyl (C=O) groups excluding carboxylic acids is 1. The number of aromatic nitrogens is 1. The lowest BCUT2D eigenvalue weighted by atomic mass is 9.73. The molecule has 1 spiro atoms. The summed E-state index contributed by atoms with van der Waals surface area (Å²) in [5.41, 5.74) is 2.72. The fourth-order valence-electron chi connectivity index (χ4n) is 4.61. The van der Waals surface area contributed by atoms with Crippen molar-refractivity contribution in [1.29, 1.82) is 5.26 Å². The van der Waals surface area contributed by atoms with Crippen LogP contribution in [0.2, 0.25) is 0 Å². The van der Waals surface area contributed by atoms with Crippen molar-refractivity contribution in [2.45, 2.75) is 46.0 Å². The molecule has 27 heavy (non-hydrogen) atoms. The number of pyridine rings is 1. The number of hydrogen-bond donors (Lipinski definition) is 0. The molecular weight excluding hydrogens is 340 g/mol. The van der Waals surface area contributed by atoms with E-state index in [2.05, 4.69) is 11.0 Å². The van der Waals surface area contributed by atoms with Gasteiger partial charge in [-0.1, -0.05) is 0 Å². The molecular formula is C21H30N4O2. The molecule has 0 saturated carbocycles. The van der Waals surface area contributed by atoms with Gasteiger partial charge in [-0.05, 0) is 51.2 Å². The van der Waals surface area contributed by atoms with E-state index in [-0.39, 0.29) is 11.3 Å². The molecule has 0 N–H and O–H groups in total. The molecule has 146 valence electrons. The van der Waals surface area contributed by atoms with Crippen LogP contribution in [0.3, 0.4) is 0 Å². The minimum absolute atomic E-state index is 0.102. The zero-order chi connectivity index (χ0) is 19.4. The Balaban J connectivity index is 1.80. The quantitative estimate of drug-likeness (QED) is 0.746. The van der Waals surface area contributed by atoms with Crippen molar-refractivity contribution in [2.24, 2.45) is 5.41 Å². The summed E-state index contributed by atoms with van der Waals surface area (Å²) in [5, 5.41) is 9.64. The molecule has 0 radical (unpaired) electrons. The van der Waals surface area contributed by atoms with E-state index in [0.29, 0.717) is 18.6 Å². The van der Waals surface area contributed by atoms with E-state index in [1.807, 2.05) is 24.8 Å². The normalized spacial score (nSPS) is 23.0. The fourth-order valence-corrected chi connectivity index (χ4v) is 4.61. The molecule has 3 heterocycles. The maximum Gasteiger partial charge on any atom is 0.222 e. The number of anilines is 1. The third-order valence-electron chi connectivity index (χ3n) is 5.92. The summed E-state index contributed by atoms with van der Waals surface area (Å²) < 4.78 is 5.14. The average molecular weight is 370 g/mol. The van der Waals surface area contributed by atoms with Gasteiger partial charge >= 0.3 is 0 Å². The van der Waals surface area contributed by atoms with Gasteiger partial charge in [-0.15, -0.1) is 0 Å². The Kier molecular flexibility index (Phi) is 6.01. The molecule has 1 amide bonds. The van der Waals surface area contributed by atoms with Crippen molar-refractivity contribution in [3.8, 4) is 6.07 Å². The van der Waals surface area contributed by atoms with Crippen molar-refractivity contribution < 1.29 is 9.53 Å². The molecule has 1 aromatic heterocycles. The fraction of sp³-hybridized carbons (Fsp3) is 0.667. The number of aryl methyl sites for hydroxylation is 2. The highest BCUT2D eigenvalue weighted by atomic mass is 16.5. The number of ether oxygens (including phenoxy) is 1. The lowest BCUT2D eigenvalue weighted by Crippen LogP contribution is -2.54. The lowest BCUT2D eigenvalue weighted by Gasteiger charge is -2.48. The molecule has 0 aliphatic carbocycles. The smallest absolute Gasteiger partial charge is 0.222 e. The maximum atomic E-state index is 12.4. The molecule has 0 bridgehead atoms. The second kappa shape index (κ2) is 8.26. The van der Waals surface area contributed by atoms with Crippen LogP contribution in [-0.4, -0.2) is 55.7 Å². The van der Waals surface area contributed by atoms with Gasteiger partial charge in [-0.3, -0.25) is 4.79 Å². The van der Waals surface area contributed by atoms with Gasteiger partial charge in [0.05, 0.1) is 5.56 Å². The third kappa shape index (κ3) is 4.24. The van der Waals surface area contributed by atoms with E-state index in [1.165, 1.54) is 0 Å². The molecule has 1 aromatic rings. The van der Waals surface area contributed by atoms with Crippen molar-refractivity contribution in [3.05, 3.63) is 22.9 Å². The molecule has 1 atom stereocenters. The molecule has 3 rings (SSSR count). The second-order valence-corrected chi connectivity index (χ2v) is 8.08. The summed E-state index contributed by atoms with van der Waals surface area (Å²) in [6.45, 7) is 8.00. The molecule has 2 aliphatic heterocycles. The first-order valence-electron chi connectivity index (χ1n) is 9.88. The average Bonchev–Trinajstić information content (AvgIpc) is 2.64. The van der Waals surface area contributed by atoms with Gasteiger partial charge in [0, 0.05) is 57.4 Å². The van der Waals surface area contributed by atoms with Crippen molar-refractivity contribution in [3.63, 3.8) is 0 Å². The van der Waals surface area contributed by atoms with E-state index >= 15 is 0 Å². The zero-order valence-corrected chi connectivity index (χ0v) is 16.8. The van der Waals surface area contributed by atoms with Crippen LogP contribution in [0.15, 0.2) is 6.07 Å². The van der Waals surface area contributed by atoms with E-state index in [0.717, 1.165) is 68.9 Å². The molecule has 0 aromatic carbocycles. The number of amides is 1. The largest absolute Gasteiger partial charge is 0.385 e. The minimum atomic E-state index is 0.102. The van der Waals surface area contributed by atoms with Crippen molar-refractivity contribution in [1.82, 2.24) is 9.88 Å². The predicted octanol–water partition coefficient (Wildman–Crippen LogP) is 2.82. The van der Waals surface area contributed by atoms with Gasteiger partial charge in [0.2, 0.25) is 5.91 Å². The van der Waals surface area contributed by atoms with E-state index in [1.54, 1.807) is 7.11 Å². The molecule has 2 aliphatic rings. The molecule has 1 unspecified atom stereocenters. The van der Waals surface area contributed by atoms with Crippen LogP contribution in [-0.2, 0) is 9.53 Å². The Hall–Kier alpha value is -2.13. The number of methoxy groups -OCH3 is 1. The van der Waals surface area contributed by atoms with Crippen LogP contribution in [0.1, 0.15) is 48.9 Å². The van der Waals surface area contributed by atoms with Crippen LogP contribution in [0, 0.1) is 30.6 Å². The number of rotatable bonds is 5. The Morgan fingerprint density at radius 2 is 2.15 bits per heavy atom. The van der Waals surface area contributed by atoms with Gasteiger partial charge in [0.1, 0.15) is 11.9 Å². The lowest BCUT2D eigenvalue weighted by molar-refractivity contribution is -0.138. The zero-order valence-electron chi connectivity index (χ0n) is 16.8. The standard InChI is InChI=1S/C21H30N4O2/c1-16-12-17(2)23-20(18(16)13-22)25-9-4-7-21(15-25)8-6-19(26)24(14-21)10-5-11-27-3/h12H,4-11,14-15H2,1-3H3. The number of likely N-dealkylation sites (tertiary alicyclic amines) is 1. The highest BCUT2D eigenvalue weighted by Gasteiger charge is 2.42. The van der Waals surface area contributed by atoms with Gasteiger partial charge in [0.25, 0.3) is 0 Å². The van der Waals surface area contributed by atoms with E-state index in [4.69, 9.17) is 9.72 Å². The summed E-state index contributed by atoms with van der Waals surface area (Å²) >= 11 is 0. The van der Waals surface area contributed by atoms with Crippen molar-refractivity contribution in [2.75, 3.05) is 44.8 Å². The van der Waals surface area contributed by atoms with Gasteiger partial charge < -0.3 is 14.5 Å². The van der Waals surface area contributed by atoms with Crippen molar-refractivity contribution >= 4 is 11.7 Å². The summed E-state index contributed by atoms with van der Waals surface area (Å²) in [5.74, 6) is 1.08. The van der Waals surface area contributed by atoms with Gasteiger partial charge in [-0.25, -0.2) is 4.98 Å². The molecule has 6 nitrogen and oxygen atoms in total. The van der Waals surface area contributed by atoms with Gasteiger partial charge in [0.15, 0.2) is 0 Å². The number of nitriles is 1. The third-order valence-corrected chi connectivity index (χ3v) is 5.92. The Labute approximate surface area is 162 Å². The molecule has 2 saturated heterocycles. The summed E-state index contributed by atoms with van der Waals surface area (Å²) in [7, 11) is 1.70. The summed E-state index contributed by atoms with van der Waals surface area (Å²) in [6.07, 6.45) is 4.62. The van der Waals surface area contributed by atoms with E-state index < -0.39 is 0 Å². The van der Waals surface area contributed by atoms with Crippen LogP contribution >= 0.6 is 0 Å². The Morgan fingerprint density at radius 3 is 2.89 bits per heavy atom. The summed E-state index contributed by atoms with van der Waals surface area (Å²) in [4.78, 5) is 21.4. The maximum absolute atomic E-state index is 12.4. The number of carbonyl (C=O) groups is 1. The second-order valence-electron chi connectivity index (χ2n) is 8.08. The topological polar surface area (TPSA) is 69.5 Å². The summed E-state index contributed by atoms with van der Waals surface area (Å²) in [6, 6.07) is 4.32. The number of piperidine rings is 2. The minimum Gasteiger partial charge on any atom is -0.385 e. The predicted molar refractivity (Wildman–Crippen MR) is 105 cm³/mol. The Bertz CT molecular complexity index is 742. The number of hydrogen-bond acceptors (Lipinski definition) is 5. The van der Waals surface area contributed by atoms with Crippen LogP contribution in [0.4, 0.5) is 5.82 Å². The SMILES string of the molecule is COCCCN1CC2(CCCN(c3nc(C)cc(C)c3C#N)C2)CCC1=O. The molecule has 6 heteroatoms. The Morgan fingerprint density at radius 1 is 1.33 bits per heavy atom.